The highest BCUT2D eigenvalue weighted by molar-refractivity contribution is 7.89. The zero-order valence-corrected chi connectivity index (χ0v) is 11.0. The van der Waals surface area contributed by atoms with Gasteiger partial charge in [-0.2, -0.15) is 15.6 Å². The summed E-state index contributed by atoms with van der Waals surface area (Å²) in [5.74, 6) is 0.419. The van der Waals surface area contributed by atoms with Gasteiger partial charge in [0.2, 0.25) is 10.0 Å². The molecule has 1 aliphatic rings. The third kappa shape index (κ3) is 2.07. The molecule has 0 amide bonds. The minimum absolute atomic E-state index is 0.413. The maximum atomic E-state index is 12.2. The molecule has 0 bridgehead atoms. The first kappa shape index (κ1) is 11.8. The molecule has 5 heteroatoms. The highest BCUT2D eigenvalue weighted by Gasteiger charge is 2.28. The fourth-order valence-electron chi connectivity index (χ4n) is 1.70. The van der Waals surface area contributed by atoms with E-state index in [1.165, 1.54) is 21.2 Å². The second-order valence-corrected chi connectivity index (χ2v) is 6.91. The zero-order chi connectivity index (χ0) is 11.8. The van der Waals surface area contributed by atoms with Crippen LogP contribution in [0.4, 0.5) is 0 Å². The van der Waals surface area contributed by atoms with E-state index in [1.807, 2.05) is 6.08 Å². The molecule has 16 heavy (non-hydrogen) atoms. The van der Waals surface area contributed by atoms with Gasteiger partial charge >= 0.3 is 0 Å². The van der Waals surface area contributed by atoms with Gasteiger partial charge in [0.15, 0.2) is 0 Å². The first-order valence-electron chi connectivity index (χ1n) is 5.23. The Morgan fingerprint density at radius 3 is 2.69 bits per heavy atom. The molecule has 1 aromatic heterocycles. The van der Waals surface area contributed by atoms with E-state index in [2.05, 4.69) is 13.8 Å². The highest BCUT2D eigenvalue weighted by atomic mass is 32.2. The molecule has 0 saturated carbocycles. The normalized spacial score (nSPS) is 18.1. The van der Waals surface area contributed by atoms with Crippen molar-refractivity contribution in [1.29, 1.82) is 0 Å². The molecule has 0 aliphatic carbocycles. The van der Waals surface area contributed by atoms with Crippen LogP contribution in [0.25, 0.3) is 0 Å². The number of hydrogen-bond acceptors (Lipinski definition) is 3. The van der Waals surface area contributed by atoms with Crippen molar-refractivity contribution >= 4 is 21.4 Å². The molecule has 3 nitrogen and oxygen atoms in total. The Balaban J connectivity index is 2.18. The van der Waals surface area contributed by atoms with Gasteiger partial charge in [-0.05, 0) is 17.4 Å². The predicted octanol–water partition coefficient (Wildman–Crippen LogP) is 2.33. The average Bonchev–Trinajstić information content (AvgIpc) is 2.90. The lowest BCUT2D eigenvalue weighted by atomic mass is 10.1. The Hall–Kier alpha value is -0.650. The summed E-state index contributed by atoms with van der Waals surface area (Å²) >= 11 is 1.41. The summed E-state index contributed by atoms with van der Waals surface area (Å²) in [6.07, 6.45) is 2.02. The van der Waals surface area contributed by atoms with Crippen LogP contribution >= 0.6 is 11.3 Å². The van der Waals surface area contributed by atoms with E-state index in [0.29, 0.717) is 23.9 Å². The Labute approximate surface area is 100 Å². The summed E-state index contributed by atoms with van der Waals surface area (Å²) in [5.41, 5.74) is 1.21. The molecular formula is C11H15NO2S2. The molecule has 0 atom stereocenters. The van der Waals surface area contributed by atoms with E-state index in [9.17, 15) is 8.42 Å². The number of nitrogens with zero attached hydrogens (tertiary/aromatic N) is 1. The van der Waals surface area contributed by atoms with Crippen molar-refractivity contribution in [3.63, 3.8) is 0 Å². The van der Waals surface area contributed by atoms with Gasteiger partial charge in [-0.25, -0.2) is 8.42 Å². The standard InChI is InChI=1S/C11H15NO2S2/c1-9(2)10-3-5-12(7-10)16(13,14)11-4-6-15-8-11/h3-4,6,8-9H,5,7H2,1-2H3. The molecule has 1 aromatic rings. The van der Waals surface area contributed by atoms with Crippen LogP contribution in [-0.4, -0.2) is 25.8 Å². The van der Waals surface area contributed by atoms with Crippen LogP contribution in [0, 0.1) is 5.92 Å². The van der Waals surface area contributed by atoms with Gasteiger partial charge in [0.25, 0.3) is 0 Å². The molecule has 0 saturated heterocycles. The van der Waals surface area contributed by atoms with E-state index < -0.39 is 10.0 Å². The second kappa shape index (κ2) is 4.31. The number of rotatable bonds is 3. The Bertz CT molecular complexity index is 486. The summed E-state index contributed by atoms with van der Waals surface area (Å²) in [6.45, 7) is 5.22. The molecule has 2 rings (SSSR count). The van der Waals surface area contributed by atoms with E-state index in [4.69, 9.17) is 0 Å². The number of sulfonamides is 1. The second-order valence-electron chi connectivity index (χ2n) is 4.19. The van der Waals surface area contributed by atoms with Crippen LogP contribution < -0.4 is 0 Å². The molecule has 1 aliphatic heterocycles. The highest BCUT2D eigenvalue weighted by Crippen LogP contribution is 2.25. The first-order chi connectivity index (χ1) is 7.51. The van der Waals surface area contributed by atoms with E-state index >= 15 is 0 Å². The third-order valence-corrected chi connectivity index (χ3v) is 5.43. The van der Waals surface area contributed by atoms with Crippen molar-refractivity contribution in [2.75, 3.05) is 13.1 Å². The van der Waals surface area contributed by atoms with Gasteiger partial charge in [0.05, 0.1) is 4.90 Å². The molecule has 0 fully saturated rings. The first-order valence-corrected chi connectivity index (χ1v) is 7.61. The molecule has 0 unspecified atom stereocenters. The average molecular weight is 257 g/mol. The maximum Gasteiger partial charge on any atom is 0.244 e. The fourth-order valence-corrected chi connectivity index (χ4v) is 4.08. The quantitative estimate of drug-likeness (QED) is 0.779. The summed E-state index contributed by atoms with van der Waals surface area (Å²) in [5, 5.41) is 3.47. The largest absolute Gasteiger partial charge is 0.244 e. The lowest BCUT2D eigenvalue weighted by Crippen LogP contribution is -2.29. The van der Waals surface area contributed by atoms with Crippen molar-refractivity contribution in [1.82, 2.24) is 4.31 Å². The molecule has 0 radical (unpaired) electrons. The molecule has 88 valence electrons. The summed E-state index contributed by atoms with van der Waals surface area (Å²) in [6, 6.07) is 1.66. The van der Waals surface area contributed by atoms with Gasteiger partial charge in [-0.15, -0.1) is 0 Å². The van der Waals surface area contributed by atoms with E-state index in [1.54, 1.807) is 16.8 Å². The van der Waals surface area contributed by atoms with Crippen molar-refractivity contribution < 1.29 is 8.42 Å². The van der Waals surface area contributed by atoms with Gasteiger partial charge in [0.1, 0.15) is 0 Å². The Morgan fingerprint density at radius 2 is 2.19 bits per heavy atom. The Morgan fingerprint density at radius 1 is 1.44 bits per heavy atom. The lowest BCUT2D eigenvalue weighted by Gasteiger charge is -2.16. The SMILES string of the molecule is CC(C)C1=CCN(S(=O)(=O)c2ccsc2)C1. The van der Waals surface area contributed by atoms with Crippen LogP contribution in [0.1, 0.15) is 13.8 Å². The van der Waals surface area contributed by atoms with Gasteiger partial charge in [-0.3, -0.25) is 0 Å². The third-order valence-electron chi connectivity index (χ3n) is 2.79. The summed E-state index contributed by atoms with van der Waals surface area (Å²) < 4.78 is 25.9. The van der Waals surface area contributed by atoms with Crippen molar-refractivity contribution in [3.8, 4) is 0 Å². The van der Waals surface area contributed by atoms with Crippen LogP contribution in [0.15, 0.2) is 33.4 Å². The summed E-state index contributed by atoms with van der Waals surface area (Å²) in [4.78, 5) is 0.413. The minimum atomic E-state index is -3.27. The van der Waals surface area contributed by atoms with Crippen molar-refractivity contribution in [2.45, 2.75) is 18.7 Å². The molecule has 0 aromatic carbocycles. The van der Waals surface area contributed by atoms with E-state index in [0.717, 1.165) is 0 Å². The van der Waals surface area contributed by atoms with Crippen molar-refractivity contribution in [3.05, 3.63) is 28.5 Å². The van der Waals surface area contributed by atoms with Gasteiger partial charge in [-0.1, -0.05) is 25.5 Å². The van der Waals surface area contributed by atoms with Gasteiger partial charge < -0.3 is 0 Å². The van der Waals surface area contributed by atoms with Crippen LogP contribution in [0.2, 0.25) is 0 Å². The lowest BCUT2D eigenvalue weighted by molar-refractivity contribution is 0.478. The smallest absolute Gasteiger partial charge is 0.207 e. The monoisotopic (exact) mass is 257 g/mol. The molecular weight excluding hydrogens is 242 g/mol. The van der Waals surface area contributed by atoms with Crippen LogP contribution in [0.5, 0.6) is 0 Å². The molecule has 0 N–H and O–H groups in total. The van der Waals surface area contributed by atoms with Crippen LogP contribution in [-0.2, 0) is 10.0 Å². The van der Waals surface area contributed by atoms with Crippen molar-refractivity contribution in [2.24, 2.45) is 5.92 Å². The number of thiophene rings is 1. The maximum absolute atomic E-state index is 12.2. The topological polar surface area (TPSA) is 37.4 Å². The molecule has 2 heterocycles. The number of hydrogen-bond donors (Lipinski definition) is 0. The zero-order valence-electron chi connectivity index (χ0n) is 9.38. The summed E-state index contributed by atoms with van der Waals surface area (Å²) in [7, 11) is -3.27. The predicted molar refractivity (Wildman–Crippen MR) is 66.0 cm³/mol. The molecule has 0 spiro atoms. The van der Waals surface area contributed by atoms with E-state index in [-0.39, 0.29) is 0 Å². The van der Waals surface area contributed by atoms with Crippen LogP contribution in [0.3, 0.4) is 0 Å². The fraction of sp³-hybridized carbons (Fsp3) is 0.455. The van der Waals surface area contributed by atoms with Gasteiger partial charge in [0, 0.05) is 18.5 Å². The minimum Gasteiger partial charge on any atom is -0.207 e. The Kier molecular flexibility index (Phi) is 3.19.